The molecule has 1 aliphatic heterocycles. The molecule has 12 heavy (non-hydrogen) atoms. The topological polar surface area (TPSA) is 95.9 Å². The van der Waals surface area contributed by atoms with Crippen LogP contribution in [0.1, 0.15) is 0 Å². The maximum atomic E-state index is 9.43. The van der Waals surface area contributed by atoms with Crippen LogP contribution in [-0.2, 0) is 4.74 Å². The van der Waals surface area contributed by atoms with E-state index in [1.54, 1.807) is 0 Å². The number of halogens is 1. The third kappa shape index (κ3) is 1.88. The fourth-order valence-corrected chi connectivity index (χ4v) is 1.97. The van der Waals surface area contributed by atoms with Gasteiger partial charge in [-0.1, -0.05) is 22.6 Å². The van der Waals surface area contributed by atoms with Crippen molar-refractivity contribution in [3.05, 3.63) is 0 Å². The van der Waals surface area contributed by atoms with Gasteiger partial charge in [-0.25, -0.2) is 0 Å². The van der Waals surface area contributed by atoms with Crippen LogP contribution in [0.15, 0.2) is 0 Å². The van der Waals surface area contributed by atoms with E-state index in [0.717, 1.165) is 0 Å². The Morgan fingerprint density at radius 1 is 1.42 bits per heavy atom. The molecule has 0 radical (unpaired) electrons. The van der Waals surface area contributed by atoms with Crippen LogP contribution in [0.2, 0.25) is 0 Å². The summed E-state index contributed by atoms with van der Waals surface area (Å²) in [5, 5.41) is 27.4. The fraction of sp³-hybridized carbons (Fsp3) is 1.00. The summed E-state index contributed by atoms with van der Waals surface area (Å²) in [6.45, 7) is -0.228. The smallest absolute Gasteiger partial charge is 0.172 e. The lowest BCUT2D eigenvalue weighted by molar-refractivity contribution is -0.201. The fourth-order valence-electron chi connectivity index (χ4n) is 1.09. The Morgan fingerprint density at radius 2 is 2.00 bits per heavy atom. The highest BCUT2D eigenvalue weighted by Gasteiger charge is 2.40. The van der Waals surface area contributed by atoms with E-state index in [2.05, 4.69) is 0 Å². The molecule has 0 bridgehead atoms. The Hall–Kier alpha value is 0.530. The van der Waals surface area contributed by atoms with Gasteiger partial charge in [-0.15, -0.1) is 0 Å². The van der Waals surface area contributed by atoms with Gasteiger partial charge in [0.1, 0.15) is 0 Å². The summed E-state index contributed by atoms with van der Waals surface area (Å²) in [5.74, 6) is 0. The molecule has 1 aliphatic rings. The van der Waals surface area contributed by atoms with E-state index in [1.807, 2.05) is 22.6 Å². The zero-order chi connectivity index (χ0) is 9.30. The SMILES string of the molecule is NC1C(O)OC(CO)C(I)C1O. The quantitative estimate of drug-likeness (QED) is 0.337. The predicted molar refractivity (Wildman–Crippen MR) is 49.8 cm³/mol. The maximum Gasteiger partial charge on any atom is 0.172 e. The number of aliphatic hydroxyl groups is 3. The Balaban J connectivity index is 2.63. The lowest BCUT2D eigenvalue weighted by atomic mass is 10.0. The van der Waals surface area contributed by atoms with E-state index < -0.39 is 24.5 Å². The number of hydrogen-bond donors (Lipinski definition) is 4. The summed E-state index contributed by atoms with van der Waals surface area (Å²) in [5.41, 5.74) is 5.42. The molecular weight excluding hydrogens is 277 g/mol. The molecular formula is C6H12INO4. The Labute approximate surface area is 83.7 Å². The average Bonchev–Trinajstić information content (AvgIpc) is 2.08. The van der Waals surface area contributed by atoms with Gasteiger partial charge >= 0.3 is 0 Å². The van der Waals surface area contributed by atoms with E-state index in [-0.39, 0.29) is 10.5 Å². The monoisotopic (exact) mass is 289 g/mol. The Kier molecular flexibility index (Phi) is 3.68. The van der Waals surface area contributed by atoms with E-state index in [4.69, 9.17) is 20.7 Å². The van der Waals surface area contributed by atoms with Gasteiger partial charge in [-0.05, 0) is 0 Å². The van der Waals surface area contributed by atoms with E-state index in [9.17, 15) is 5.11 Å². The van der Waals surface area contributed by atoms with Crippen LogP contribution >= 0.6 is 22.6 Å². The van der Waals surface area contributed by atoms with Crippen LogP contribution in [0.5, 0.6) is 0 Å². The second-order valence-electron chi connectivity index (χ2n) is 2.76. The molecule has 1 saturated heterocycles. The van der Waals surface area contributed by atoms with Crippen molar-refractivity contribution in [2.75, 3.05) is 6.61 Å². The molecule has 72 valence electrons. The predicted octanol–water partition coefficient (Wildman–Crippen LogP) is -1.81. The number of nitrogens with two attached hydrogens (primary N) is 1. The largest absolute Gasteiger partial charge is 0.394 e. The number of aliphatic hydroxyl groups excluding tert-OH is 3. The molecule has 0 saturated carbocycles. The van der Waals surface area contributed by atoms with Crippen molar-refractivity contribution >= 4 is 22.6 Å². The number of rotatable bonds is 1. The van der Waals surface area contributed by atoms with E-state index >= 15 is 0 Å². The third-order valence-corrected chi connectivity index (χ3v) is 3.44. The van der Waals surface area contributed by atoms with Crippen molar-refractivity contribution in [3.63, 3.8) is 0 Å². The molecule has 5 nitrogen and oxygen atoms in total. The van der Waals surface area contributed by atoms with Crippen molar-refractivity contribution in [3.8, 4) is 0 Å². The van der Waals surface area contributed by atoms with Crippen molar-refractivity contribution in [1.82, 2.24) is 0 Å². The first-order chi connectivity index (χ1) is 5.57. The van der Waals surface area contributed by atoms with E-state index in [0.29, 0.717) is 0 Å². The molecule has 0 spiro atoms. The zero-order valence-corrected chi connectivity index (χ0v) is 8.46. The highest BCUT2D eigenvalue weighted by Crippen LogP contribution is 2.24. The summed E-state index contributed by atoms with van der Waals surface area (Å²) in [7, 11) is 0. The molecule has 5 unspecified atom stereocenters. The summed E-state index contributed by atoms with van der Waals surface area (Å²) >= 11 is 1.94. The zero-order valence-electron chi connectivity index (χ0n) is 6.30. The summed E-state index contributed by atoms with van der Waals surface area (Å²) < 4.78 is 4.66. The highest BCUT2D eigenvalue weighted by atomic mass is 127. The van der Waals surface area contributed by atoms with Crippen LogP contribution < -0.4 is 5.73 Å². The molecule has 1 rings (SSSR count). The van der Waals surface area contributed by atoms with Crippen LogP contribution in [0.3, 0.4) is 0 Å². The van der Waals surface area contributed by atoms with Crippen molar-refractivity contribution in [2.24, 2.45) is 5.73 Å². The van der Waals surface area contributed by atoms with Crippen LogP contribution in [0.25, 0.3) is 0 Å². The molecule has 0 aromatic rings. The molecule has 5 N–H and O–H groups in total. The van der Waals surface area contributed by atoms with Gasteiger partial charge < -0.3 is 25.8 Å². The summed E-state index contributed by atoms with van der Waals surface area (Å²) in [6.07, 6.45) is -2.58. The normalized spacial score (nSPS) is 49.2. The second-order valence-corrected chi connectivity index (χ2v) is 4.20. The highest BCUT2D eigenvalue weighted by molar-refractivity contribution is 14.1. The first-order valence-corrected chi connectivity index (χ1v) is 4.84. The van der Waals surface area contributed by atoms with Gasteiger partial charge in [0.25, 0.3) is 0 Å². The minimum absolute atomic E-state index is 0.228. The molecule has 0 amide bonds. The van der Waals surface area contributed by atoms with Crippen molar-refractivity contribution < 1.29 is 20.1 Å². The third-order valence-electron chi connectivity index (χ3n) is 1.90. The van der Waals surface area contributed by atoms with E-state index in [1.165, 1.54) is 0 Å². The minimum Gasteiger partial charge on any atom is -0.394 e. The molecule has 0 aromatic heterocycles. The van der Waals surface area contributed by atoms with Crippen molar-refractivity contribution in [2.45, 2.75) is 28.5 Å². The van der Waals surface area contributed by atoms with Crippen molar-refractivity contribution in [1.29, 1.82) is 0 Å². The molecule has 1 fully saturated rings. The Morgan fingerprint density at radius 3 is 2.50 bits per heavy atom. The van der Waals surface area contributed by atoms with Gasteiger partial charge in [-0.3, -0.25) is 0 Å². The first kappa shape index (κ1) is 10.6. The van der Waals surface area contributed by atoms with Gasteiger partial charge in [0.05, 0.1) is 28.8 Å². The van der Waals surface area contributed by atoms with Crippen LogP contribution in [0.4, 0.5) is 0 Å². The lowest BCUT2D eigenvalue weighted by Gasteiger charge is -2.38. The lowest BCUT2D eigenvalue weighted by Crippen LogP contribution is -2.59. The summed E-state index contributed by atoms with van der Waals surface area (Å²) in [4.78, 5) is 0. The maximum absolute atomic E-state index is 9.43. The molecule has 0 aliphatic carbocycles. The van der Waals surface area contributed by atoms with Crippen LogP contribution in [0, 0.1) is 0 Å². The molecule has 1 heterocycles. The van der Waals surface area contributed by atoms with Crippen LogP contribution in [-0.4, -0.2) is 50.4 Å². The Bertz CT molecular complexity index is 154. The molecule has 5 atom stereocenters. The second kappa shape index (κ2) is 4.16. The van der Waals surface area contributed by atoms with Gasteiger partial charge in [-0.2, -0.15) is 0 Å². The summed E-state index contributed by atoms with van der Waals surface area (Å²) in [6, 6.07) is -0.797. The molecule has 0 aromatic carbocycles. The standard InChI is InChI=1S/C6H12INO4/c7-3-2(1-9)12-6(11)4(8)5(3)10/h2-6,9-11H,1,8H2. The molecule has 6 heteroatoms. The average molecular weight is 289 g/mol. The number of alkyl halides is 1. The van der Waals surface area contributed by atoms with Gasteiger partial charge in [0.2, 0.25) is 0 Å². The minimum atomic E-state index is -1.19. The number of hydrogen-bond acceptors (Lipinski definition) is 5. The van der Waals surface area contributed by atoms with Gasteiger partial charge in [0, 0.05) is 0 Å². The number of ether oxygens (including phenoxy) is 1. The first-order valence-electron chi connectivity index (χ1n) is 3.60. The van der Waals surface area contributed by atoms with Gasteiger partial charge in [0.15, 0.2) is 6.29 Å².